The molecule has 0 saturated heterocycles. The molecule has 0 aliphatic carbocycles. The van der Waals surface area contributed by atoms with Gasteiger partial charge in [0.25, 0.3) is 5.91 Å². The molecule has 1 heterocycles. The number of nitrogens with zero attached hydrogens (tertiary/aromatic N) is 1. The molecule has 1 aliphatic rings. The van der Waals surface area contributed by atoms with Crippen molar-refractivity contribution in [3.05, 3.63) is 52.5 Å². The van der Waals surface area contributed by atoms with E-state index in [-0.39, 0.29) is 19.2 Å². The van der Waals surface area contributed by atoms with Crippen LogP contribution in [0.25, 0.3) is 0 Å². The average Bonchev–Trinajstić information content (AvgIpc) is 3.01. The number of para-hydroxylation sites is 1. The van der Waals surface area contributed by atoms with Crippen LogP contribution in [0.4, 0.5) is 5.69 Å². The standard InChI is InChI=1S/C17H16ClN3O3/c1-11-4-2-3-5-14(11)19-9-17(22)21-20-8-12-6-15-16(7-13(12)18)24-10-23-15/h2-8,19H,9-10H2,1H3,(H,21,22)/b20-8-. The van der Waals surface area contributed by atoms with E-state index in [1.165, 1.54) is 6.21 Å². The van der Waals surface area contributed by atoms with Crippen LogP contribution in [0.3, 0.4) is 0 Å². The van der Waals surface area contributed by atoms with E-state index in [1.807, 2.05) is 31.2 Å². The van der Waals surface area contributed by atoms with Gasteiger partial charge in [-0.1, -0.05) is 29.8 Å². The van der Waals surface area contributed by atoms with Crippen LogP contribution in [0.5, 0.6) is 11.5 Å². The Morgan fingerprint density at radius 3 is 2.83 bits per heavy atom. The molecule has 2 aromatic carbocycles. The Bertz CT molecular complexity index is 793. The van der Waals surface area contributed by atoms with E-state index in [2.05, 4.69) is 15.8 Å². The minimum atomic E-state index is -0.258. The third-order valence-electron chi connectivity index (χ3n) is 3.47. The second kappa shape index (κ2) is 7.23. The summed E-state index contributed by atoms with van der Waals surface area (Å²) >= 11 is 6.13. The predicted molar refractivity (Wildman–Crippen MR) is 93.0 cm³/mol. The Kier molecular flexibility index (Phi) is 4.86. The second-order valence-electron chi connectivity index (χ2n) is 5.19. The Morgan fingerprint density at radius 2 is 2.04 bits per heavy atom. The van der Waals surface area contributed by atoms with Crippen molar-refractivity contribution in [3.8, 4) is 11.5 Å². The number of benzene rings is 2. The number of halogens is 1. The van der Waals surface area contributed by atoms with Crippen molar-refractivity contribution in [1.82, 2.24) is 5.43 Å². The van der Waals surface area contributed by atoms with Crippen molar-refractivity contribution in [3.63, 3.8) is 0 Å². The summed E-state index contributed by atoms with van der Waals surface area (Å²) in [5.41, 5.74) is 5.07. The Balaban J connectivity index is 1.55. The first-order chi connectivity index (χ1) is 11.6. The van der Waals surface area contributed by atoms with E-state index in [9.17, 15) is 4.79 Å². The largest absolute Gasteiger partial charge is 0.454 e. The van der Waals surface area contributed by atoms with Crippen molar-refractivity contribution in [2.45, 2.75) is 6.92 Å². The van der Waals surface area contributed by atoms with Crippen LogP contribution < -0.4 is 20.2 Å². The van der Waals surface area contributed by atoms with Crippen molar-refractivity contribution in [1.29, 1.82) is 0 Å². The number of carbonyl (C=O) groups excluding carboxylic acids is 1. The van der Waals surface area contributed by atoms with Crippen molar-refractivity contribution < 1.29 is 14.3 Å². The number of aryl methyl sites for hydroxylation is 1. The van der Waals surface area contributed by atoms with Gasteiger partial charge in [0, 0.05) is 17.3 Å². The lowest BCUT2D eigenvalue weighted by molar-refractivity contribution is -0.119. The minimum Gasteiger partial charge on any atom is -0.454 e. The van der Waals surface area contributed by atoms with Crippen LogP contribution in [0.2, 0.25) is 5.02 Å². The van der Waals surface area contributed by atoms with E-state index < -0.39 is 0 Å². The normalized spacial score (nSPS) is 12.4. The second-order valence-corrected chi connectivity index (χ2v) is 5.60. The number of amides is 1. The maximum Gasteiger partial charge on any atom is 0.259 e. The number of hydrogen-bond donors (Lipinski definition) is 2. The molecule has 1 amide bonds. The van der Waals surface area contributed by atoms with Gasteiger partial charge < -0.3 is 14.8 Å². The number of anilines is 1. The zero-order valence-corrected chi connectivity index (χ0v) is 13.8. The zero-order chi connectivity index (χ0) is 16.9. The molecule has 2 N–H and O–H groups in total. The number of rotatable bonds is 5. The number of carbonyl (C=O) groups is 1. The highest BCUT2D eigenvalue weighted by Crippen LogP contribution is 2.36. The molecule has 6 nitrogen and oxygen atoms in total. The lowest BCUT2D eigenvalue weighted by Crippen LogP contribution is -2.26. The molecular weight excluding hydrogens is 330 g/mol. The number of fused-ring (bicyclic) bond motifs is 1. The van der Waals surface area contributed by atoms with E-state index in [0.717, 1.165) is 11.3 Å². The molecule has 24 heavy (non-hydrogen) atoms. The molecule has 0 atom stereocenters. The van der Waals surface area contributed by atoms with Crippen LogP contribution in [0.1, 0.15) is 11.1 Å². The summed E-state index contributed by atoms with van der Waals surface area (Å²) in [6, 6.07) is 11.1. The van der Waals surface area contributed by atoms with Crippen LogP contribution in [0.15, 0.2) is 41.5 Å². The summed E-state index contributed by atoms with van der Waals surface area (Å²) < 4.78 is 10.5. The third-order valence-corrected chi connectivity index (χ3v) is 3.80. The van der Waals surface area contributed by atoms with Gasteiger partial charge in [0.05, 0.1) is 17.8 Å². The Morgan fingerprint density at radius 1 is 1.29 bits per heavy atom. The summed E-state index contributed by atoms with van der Waals surface area (Å²) in [6.45, 7) is 2.27. The molecule has 0 saturated carbocycles. The summed E-state index contributed by atoms with van der Waals surface area (Å²) in [7, 11) is 0. The fraction of sp³-hybridized carbons (Fsp3) is 0.176. The maximum absolute atomic E-state index is 11.8. The fourth-order valence-electron chi connectivity index (χ4n) is 2.19. The number of nitrogens with one attached hydrogen (secondary N) is 2. The highest BCUT2D eigenvalue weighted by Gasteiger charge is 2.15. The number of hydrogen-bond acceptors (Lipinski definition) is 5. The molecule has 0 unspecified atom stereocenters. The first kappa shape index (κ1) is 16.1. The van der Waals surface area contributed by atoms with Gasteiger partial charge in [-0.25, -0.2) is 5.43 Å². The molecule has 7 heteroatoms. The lowest BCUT2D eigenvalue weighted by Gasteiger charge is -2.07. The average molecular weight is 346 g/mol. The van der Waals surface area contributed by atoms with E-state index in [4.69, 9.17) is 21.1 Å². The predicted octanol–water partition coefficient (Wildman–Crippen LogP) is 2.94. The quantitative estimate of drug-likeness (QED) is 0.645. The fourth-order valence-corrected chi connectivity index (χ4v) is 2.39. The summed E-state index contributed by atoms with van der Waals surface area (Å²) in [5, 5.41) is 7.44. The van der Waals surface area contributed by atoms with Gasteiger partial charge in [-0.2, -0.15) is 5.10 Å². The van der Waals surface area contributed by atoms with E-state index >= 15 is 0 Å². The summed E-state index contributed by atoms with van der Waals surface area (Å²) in [4.78, 5) is 11.8. The molecule has 0 bridgehead atoms. The van der Waals surface area contributed by atoms with E-state index in [0.29, 0.717) is 22.1 Å². The maximum atomic E-state index is 11.8. The van der Waals surface area contributed by atoms with Gasteiger partial charge in [0.15, 0.2) is 11.5 Å². The number of hydrazone groups is 1. The van der Waals surface area contributed by atoms with Crippen LogP contribution >= 0.6 is 11.6 Å². The minimum absolute atomic E-state index is 0.122. The monoisotopic (exact) mass is 345 g/mol. The molecule has 0 spiro atoms. The molecular formula is C17H16ClN3O3. The molecule has 124 valence electrons. The third kappa shape index (κ3) is 3.78. The smallest absolute Gasteiger partial charge is 0.259 e. The first-order valence-corrected chi connectivity index (χ1v) is 7.72. The van der Waals surface area contributed by atoms with Gasteiger partial charge in [-0.05, 0) is 24.6 Å². The molecule has 2 aromatic rings. The topological polar surface area (TPSA) is 72.0 Å². The highest BCUT2D eigenvalue weighted by atomic mass is 35.5. The summed E-state index contributed by atoms with van der Waals surface area (Å²) in [6.07, 6.45) is 1.47. The van der Waals surface area contributed by atoms with Crippen molar-refractivity contribution in [2.24, 2.45) is 5.10 Å². The first-order valence-electron chi connectivity index (χ1n) is 7.34. The molecule has 0 fully saturated rings. The van der Waals surface area contributed by atoms with Crippen LogP contribution in [-0.2, 0) is 4.79 Å². The molecule has 1 aliphatic heterocycles. The Labute approximate surface area is 144 Å². The van der Waals surface area contributed by atoms with Gasteiger partial charge in [0.2, 0.25) is 6.79 Å². The van der Waals surface area contributed by atoms with Gasteiger partial charge in [-0.15, -0.1) is 0 Å². The van der Waals surface area contributed by atoms with Gasteiger partial charge in [0.1, 0.15) is 0 Å². The van der Waals surface area contributed by atoms with Crippen LogP contribution in [-0.4, -0.2) is 25.5 Å². The zero-order valence-electron chi connectivity index (χ0n) is 13.0. The number of ether oxygens (including phenoxy) is 2. The van der Waals surface area contributed by atoms with Crippen LogP contribution in [0, 0.1) is 6.92 Å². The molecule has 3 rings (SSSR count). The van der Waals surface area contributed by atoms with Gasteiger partial charge >= 0.3 is 0 Å². The van der Waals surface area contributed by atoms with Crippen molar-refractivity contribution in [2.75, 3.05) is 18.7 Å². The van der Waals surface area contributed by atoms with Crippen molar-refractivity contribution >= 4 is 29.4 Å². The lowest BCUT2D eigenvalue weighted by atomic mass is 10.2. The Hall–Kier alpha value is -2.73. The van der Waals surface area contributed by atoms with E-state index in [1.54, 1.807) is 12.1 Å². The molecule has 0 aromatic heterocycles. The molecule has 0 radical (unpaired) electrons. The summed E-state index contributed by atoms with van der Waals surface area (Å²) in [5.74, 6) is 0.948. The SMILES string of the molecule is Cc1ccccc1NCC(=O)N/N=C\c1cc2c(cc1Cl)OCO2. The van der Waals surface area contributed by atoms with Gasteiger partial charge in [-0.3, -0.25) is 4.79 Å². The highest BCUT2D eigenvalue weighted by molar-refractivity contribution is 6.33.